The number of anilines is 4. The molecule has 2 N–H and O–H groups in total. The van der Waals surface area contributed by atoms with Crippen LogP contribution in [0, 0.1) is 6.92 Å². The van der Waals surface area contributed by atoms with Crippen LogP contribution in [0.4, 0.5) is 22.9 Å². The molecule has 5 rings (SSSR count). The lowest BCUT2D eigenvalue weighted by Gasteiger charge is -2.34. The molecule has 10 nitrogen and oxygen atoms in total. The average Bonchev–Trinajstić information content (AvgIpc) is 3.03. The predicted octanol–water partition coefficient (Wildman–Crippen LogP) is 5.18. The van der Waals surface area contributed by atoms with Gasteiger partial charge in [-0.05, 0) is 67.3 Å². The summed E-state index contributed by atoms with van der Waals surface area (Å²) in [6, 6.07) is 21.0. The summed E-state index contributed by atoms with van der Waals surface area (Å²) >= 11 is 0. The number of piperazine rings is 1. The summed E-state index contributed by atoms with van der Waals surface area (Å²) in [7, 11) is -1.50. The number of aromatic nitrogens is 2. The van der Waals surface area contributed by atoms with Crippen LogP contribution in [0.2, 0.25) is 0 Å². The Morgan fingerprint density at radius 1 is 0.956 bits per heavy atom. The van der Waals surface area contributed by atoms with Gasteiger partial charge in [0, 0.05) is 67.6 Å². The molecule has 11 heteroatoms. The van der Waals surface area contributed by atoms with Crippen LogP contribution in [0.1, 0.15) is 41.3 Å². The minimum atomic E-state index is -3.19. The van der Waals surface area contributed by atoms with E-state index in [1.807, 2.05) is 73.7 Å². The molecular weight excluding hydrogens is 588 g/mol. The van der Waals surface area contributed by atoms with E-state index in [0.29, 0.717) is 48.8 Å². The van der Waals surface area contributed by atoms with Gasteiger partial charge in [0.15, 0.2) is 5.82 Å². The topological polar surface area (TPSA) is 117 Å². The first kappa shape index (κ1) is 31.9. The molecule has 2 heterocycles. The first-order chi connectivity index (χ1) is 21.5. The molecule has 0 saturated carbocycles. The summed E-state index contributed by atoms with van der Waals surface area (Å²) in [5.74, 6) is 0.0293. The molecule has 0 radical (unpaired) electrons. The van der Waals surface area contributed by atoms with Gasteiger partial charge in [0.1, 0.15) is 0 Å². The van der Waals surface area contributed by atoms with Crippen LogP contribution in [0.5, 0.6) is 0 Å². The van der Waals surface area contributed by atoms with E-state index < -0.39 is 10.0 Å². The molecule has 1 saturated heterocycles. The van der Waals surface area contributed by atoms with Crippen molar-refractivity contribution < 1.29 is 13.2 Å². The summed E-state index contributed by atoms with van der Waals surface area (Å²) in [6.07, 6.45) is 5.85. The number of carbonyl (C=O) groups excluding carboxylic acids is 1. The second kappa shape index (κ2) is 13.7. The summed E-state index contributed by atoms with van der Waals surface area (Å²) < 4.78 is 26.7. The van der Waals surface area contributed by atoms with Crippen molar-refractivity contribution in [2.45, 2.75) is 33.1 Å². The molecule has 0 aliphatic carbocycles. The number of hydrogen-bond acceptors (Lipinski definition) is 7. The third-order valence-corrected chi connectivity index (χ3v) is 9.50. The molecule has 1 amide bonds. The second-order valence-corrected chi connectivity index (χ2v) is 13.4. The van der Waals surface area contributed by atoms with Crippen molar-refractivity contribution in [3.8, 4) is 11.3 Å². The van der Waals surface area contributed by atoms with Gasteiger partial charge in [0.2, 0.25) is 10.0 Å². The Balaban J connectivity index is 1.34. The molecule has 4 aromatic rings. The second-order valence-electron chi connectivity index (χ2n) is 11.4. The third-order valence-electron chi connectivity index (χ3n) is 8.19. The number of hydrogen-bond donors (Lipinski definition) is 2. The third kappa shape index (κ3) is 7.43. The van der Waals surface area contributed by atoms with E-state index in [1.54, 1.807) is 13.2 Å². The van der Waals surface area contributed by atoms with Gasteiger partial charge < -0.3 is 20.1 Å². The van der Waals surface area contributed by atoms with Crippen LogP contribution in [0.25, 0.3) is 11.3 Å². The quantitative estimate of drug-likeness (QED) is 0.249. The highest BCUT2D eigenvalue weighted by Gasteiger charge is 2.23. The summed E-state index contributed by atoms with van der Waals surface area (Å²) in [5, 5.41) is 6.26. The van der Waals surface area contributed by atoms with Crippen molar-refractivity contribution in [1.29, 1.82) is 0 Å². The normalized spacial score (nSPS) is 13.9. The fraction of sp³-hybridized carbons (Fsp3) is 0.324. The maximum atomic E-state index is 13.3. The lowest BCUT2D eigenvalue weighted by atomic mass is 10.0. The molecule has 0 spiro atoms. The summed E-state index contributed by atoms with van der Waals surface area (Å²) in [5.41, 5.74) is 6.03. The molecular formula is C34H40N6O4S. The highest BCUT2D eigenvalue weighted by atomic mass is 32.2. The zero-order valence-corrected chi connectivity index (χ0v) is 27.0. The molecule has 1 fully saturated rings. The fourth-order valence-electron chi connectivity index (χ4n) is 5.55. The first-order valence-electron chi connectivity index (χ1n) is 15.2. The first-order valence-corrected chi connectivity index (χ1v) is 17.0. The van der Waals surface area contributed by atoms with Crippen molar-refractivity contribution in [3.63, 3.8) is 0 Å². The minimum absolute atomic E-state index is 0.154. The van der Waals surface area contributed by atoms with E-state index in [1.165, 1.54) is 15.1 Å². The number of unbranched alkanes of at least 4 members (excludes halogenated alkanes) is 1. The summed E-state index contributed by atoms with van der Waals surface area (Å²) in [4.78, 5) is 33.2. The Morgan fingerprint density at radius 3 is 2.36 bits per heavy atom. The largest absolute Gasteiger partial charge is 0.369 e. The highest BCUT2D eigenvalue weighted by Crippen LogP contribution is 2.29. The van der Waals surface area contributed by atoms with Gasteiger partial charge in [-0.15, -0.1) is 0 Å². The Hall–Kier alpha value is -4.48. The van der Waals surface area contributed by atoms with Gasteiger partial charge in [-0.2, -0.15) is 4.31 Å². The number of sulfonamides is 1. The SMILES string of the molecule is CCCCc1ccccc1C(=O)Nc1cccc(-c2cn(C)c(=O)c(Nc3ccc(N4CCN(S(C)(=O)=O)CC4)cc3)n2)c1C. The zero-order valence-electron chi connectivity index (χ0n) is 26.2. The molecule has 236 valence electrons. The van der Waals surface area contributed by atoms with Gasteiger partial charge in [0.05, 0.1) is 11.9 Å². The Labute approximate surface area is 264 Å². The molecule has 0 unspecified atom stereocenters. The zero-order chi connectivity index (χ0) is 32.1. The standard InChI is InChI=1S/C34H40N6O4S/c1-5-6-10-25-11-7-8-12-29(25)33(41)37-30-14-9-13-28(24(30)2)31-23-38(3)34(42)32(36-31)35-26-15-17-27(18-16-26)39-19-21-40(22-20-39)45(4,43)44/h7-9,11-18,23H,5-6,10,19-22H2,1-4H3,(H,35,36)(H,37,41). The van der Waals surface area contributed by atoms with Crippen LogP contribution >= 0.6 is 0 Å². The number of benzene rings is 3. The van der Waals surface area contributed by atoms with Crippen molar-refractivity contribution in [2.24, 2.45) is 7.05 Å². The van der Waals surface area contributed by atoms with Crippen molar-refractivity contribution in [1.82, 2.24) is 13.9 Å². The van der Waals surface area contributed by atoms with E-state index in [0.717, 1.165) is 41.6 Å². The molecule has 0 bridgehead atoms. The van der Waals surface area contributed by atoms with E-state index in [9.17, 15) is 18.0 Å². The van der Waals surface area contributed by atoms with Gasteiger partial charge in [0.25, 0.3) is 11.5 Å². The number of amides is 1. The molecule has 0 atom stereocenters. The molecule has 45 heavy (non-hydrogen) atoms. The van der Waals surface area contributed by atoms with Gasteiger partial charge in [-0.25, -0.2) is 13.4 Å². The summed E-state index contributed by atoms with van der Waals surface area (Å²) in [6.45, 7) is 6.17. The Bertz CT molecular complexity index is 1850. The van der Waals surface area contributed by atoms with Crippen LogP contribution in [-0.4, -0.2) is 60.6 Å². The van der Waals surface area contributed by atoms with Crippen LogP contribution in [0.3, 0.4) is 0 Å². The molecule has 1 aliphatic rings. The monoisotopic (exact) mass is 628 g/mol. The number of aryl methyl sites for hydroxylation is 2. The molecule has 1 aliphatic heterocycles. The van der Waals surface area contributed by atoms with Crippen LogP contribution < -0.4 is 21.1 Å². The lowest BCUT2D eigenvalue weighted by Crippen LogP contribution is -2.48. The number of nitrogens with one attached hydrogen (secondary N) is 2. The van der Waals surface area contributed by atoms with Crippen molar-refractivity contribution in [3.05, 3.63) is 100.0 Å². The minimum Gasteiger partial charge on any atom is -0.369 e. The van der Waals surface area contributed by atoms with E-state index in [2.05, 4.69) is 22.5 Å². The number of carbonyl (C=O) groups is 1. The number of nitrogens with zero attached hydrogens (tertiary/aromatic N) is 4. The Morgan fingerprint density at radius 2 is 1.67 bits per heavy atom. The van der Waals surface area contributed by atoms with Gasteiger partial charge in [-0.3, -0.25) is 9.59 Å². The van der Waals surface area contributed by atoms with Crippen LogP contribution in [-0.2, 0) is 23.5 Å². The van der Waals surface area contributed by atoms with Gasteiger partial charge in [-0.1, -0.05) is 43.7 Å². The smallest absolute Gasteiger partial charge is 0.293 e. The van der Waals surface area contributed by atoms with E-state index >= 15 is 0 Å². The molecule has 1 aromatic heterocycles. The van der Waals surface area contributed by atoms with Gasteiger partial charge >= 0.3 is 0 Å². The lowest BCUT2D eigenvalue weighted by molar-refractivity contribution is 0.102. The van der Waals surface area contributed by atoms with Crippen molar-refractivity contribution in [2.75, 3.05) is 48.0 Å². The highest BCUT2D eigenvalue weighted by molar-refractivity contribution is 7.88. The van der Waals surface area contributed by atoms with Crippen LogP contribution in [0.15, 0.2) is 77.7 Å². The maximum absolute atomic E-state index is 13.3. The Kier molecular flexibility index (Phi) is 9.69. The fourth-order valence-corrected chi connectivity index (χ4v) is 6.38. The van der Waals surface area contributed by atoms with E-state index in [4.69, 9.17) is 4.98 Å². The maximum Gasteiger partial charge on any atom is 0.293 e. The average molecular weight is 629 g/mol. The van der Waals surface area contributed by atoms with E-state index in [-0.39, 0.29) is 17.3 Å². The predicted molar refractivity (Wildman–Crippen MR) is 181 cm³/mol. The van der Waals surface area contributed by atoms with Crippen molar-refractivity contribution >= 4 is 38.8 Å². The molecule has 3 aromatic carbocycles. The number of rotatable bonds is 10.